The Labute approximate surface area is 355 Å². The molecule has 11 aromatic carbocycles. The third-order valence-corrected chi connectivity index (χ3v) is 13.7. The molecule has 284 valence electrons. The zero-order valence-electron chi connectivity index (χ0n) is 33.0. The van der Waals surface area contributed by atoms with Gasteiger partial charge in [-0.1, -0.05) is 164 Å². The van der Waals surface area contributed by atoms with E-state index in [-0.39, 0.29) is 0 Å². The monoisotopic (exact) mass is 793 g/mol. The van der Waals surface area contributed by atoms with Crippen LogP contribution in [-0.4, -0.2) is 0 Å². The molecule has 0 bridgehead atoms. The van der Waals surface area contributed by atoms with Gasteiger partial charge in [0, 0.05) is 42.3 Å². The van der Waals surface area contributed by atoms with Gasteiger partial charge in [-0.3, -0.25) is 0 Å². The van der Waals surface area contributed by atoms with E-state index in [9.17, 15) is 0 Å². The molecule has 0 atom stereocenters. The predicted molar refractivity (Wildman–Crippen MR) is 262 cm³/mol. The van der Waals surface area contributed by atoms with Crippen LogP contribution in [0.5, 0.6) is 0 Å². The quantitative estimate of drug-likeness (QED) is 0.173. The first-order valence-electron chi connectivity index (χ1n) is 20.8. The van der Waals surface area contributed by atoms with Crippen molar-refractivity contribution in [1.82, 2.24) is 0 Å². The van der Waals surface area contributed by atoms with Crippen molar-refractivity contribution in [3.63, 3.8) is 0 Å². The highest BCUT2D eigenvalue weighted by molar-refractivity contribution is 7.26. The molecule has 2 nitrogen and oxygen atoms in total. The van der Waals surface area contributed by atoms with Crippen LogP contribution < -0.4 is 4.90 Å². The fraction of sp³-hybridized carbons (Fsp3) is 0. The normalized spacial score (nSPS) is 11.9. The molecular weight excluding hydrogens is 759 g/mol. The Morgan fingerprint density at radius 2 is 0.984 bits per heavy atom. The lowest BCUT2D eigenvalue weighted by molar-refractivity contribution is 0.669. The summed E-state index contributed by atoms with van der Waals surface area (Å²) in [6.07, 6.45) is 0. The standard InChI is InChI=1S/C58H35NOS/c1-2-15-39-32-45(29-27-36(39)13-1)59(51-34-41-16-4-7-23-47(41)55-49-25-9-10-26-52(49)60-57(51)55)44-21-12-19-40(33-44)38-18-11-20-43(31-38)54-46-22-6-5-17-42(46)35-53-56(54)50-30-28-37-14-3-8-24-48(37)58(50)61-53/h1-35H. The maximum atomic E-state index is 6.86. The van der Waals surface area contributed by atoms with Gasteiger partial charge in [0.15, 0.2) is 5.58 Å². The molecule has 13 rings (SSSR count). The van der Waals surface area contributed by atoms with Crippen LogP contribution >= 0.6 is 11.3 Å². The molecule has 61 heavy (non-hydrogen) atoms. The van der Waals surface area contributed by atoms with Gasteiger partial charge in [0.05, 0.1) is 5.69 Å². The molecule has 0 amide bonds. The average molecular weight is 794 g/mol. The maximum Gasteiger partial charge on any atom is 0.160 e. The first-order chi connectivity index (χ1) is 30.2. The lowest BCUT2D eigenvalue weighted by Gasteiger charge is -2.27. The van der Waals surface area contributed by atoms with E-state index in [0.29, 0.717) is 0 Å². The summed E-state index contributed by atoms with van der Waals surface area (Å²) in [5, 5.41) is 14.7. The molecule has 0 saturated carbocycles. The summed E-state index contributed by atoms with van der Waals surface area (Å²) in [6, 6.07) is 77.4. The minimum atomic E-state index is 0.871. The van der Waals surface area contributed by atoms with Crippen molar-refractivity contribution < 1.29 is 4.42 Å². The van der Waals surface area contributed by atoms with Crippen LogP contribution in [0.1, 0.15) is 0 Å². The zero-order chi connectivity index (χ0) is 40.0. The highest BCUT2D eigenvalue weighted by Crippen LogP contribution is 2.49. The van der Waals surface area contributed by atoms with Crippen LogP contribution in [0.4, 0.5) is 17.1 Å². The van der Waals surface area contributed by atoms with E-state index in [4.69, 9.17) is 4.42 Å². The first kappa shape index (κ1) is 34.2. The highest BCUT2D eigenvalue weighted by atomic mass is 32.1. The smallest absolute Gasteiger partial charge is 0.160 e. The van der Waals surface area contributed by atoms with Crippen LogP contribution in [0.25, 0.3) is 107 Å². The fourth-order valence-electron chi connectivity index (χ4n) is 9.77. The van der Waals surface area contributed by atoms with E-state index in [0.717, 1.165) is 50.1 Å². The van der Waals surface area contributed by atoms with Gasteiger partial charge in [-0.25, -0.2) is 0 Å². The Morgan fingerprint density at radius 1 is 0.361 bits per heavy atom. The minimum Gasteiger partial charge on any atom is -0.454 e. The molecule has 3 heteroatoms. The number of furan rings is 1. The average Bonchev–Trinajstić information content (AvgIpc) is 3.90. The van der Waals surface area contributed by atoms with Gasteiger partial charge >= 0.3 is 0 Å². The molecule has 0 aliphatic rings. The van der Waals surface area contributed by atoms with Gasteiger partial charge in [0.1, 0.15) is 5.58 Å². The molecule has 0 unspecified atom stereocenters. The van der Waals surface area contributed by atoms with E-state index in [1.54, 1.807) is 0 Å². The number of benzene rings is 11. The molecule has 0 N–H and O–H groups in total. The van der Waals surface area contributed by atoms with Crippen molar-refractivity contribution in [3.8, 4) is 22.3 Å². The molecule has 0 saturated heterocycles. The highest BCUT2D eigenvalue weighted by Gasteiger charge is 2.23. The lowest BCUT2D eigenvalue weighted by Crippen LogP contribution is -2.10. The van der Waals surface area contributed by atoms with E-state index < -0.39 is 0 Å². The van der Waals surface area contributed by atoms with Crippen molar-refractivity contribution in [2.24, 2.45) is 0 Å². The van der Waals surface area contributed by atoms with Crippen molar-refractivity contribution >= 4 is 114 Å². The summed E-state index contributed by atoms with van der Waals surface area (Å²) in [4.78, 5) is 2.38. The van der Waals surface area contributed by atoms with Crippen LogP contribution in [-0.2, 0) is 0 Å². The summed E-state index contributed by atoms with van der Waals surface area (Å²) in [5.41, 5.74) is 9.68. The number of fused-ring (bicyclic) bond motifs is 12. The number of para-hydroxylation sites is 1. The van der Waals surface area contributed by atoms with E-state index >= 15 is 0 Å². The van der Waals surface area contributed by atoms with Crippen LogP contribution in [0.2, 0.25) is 0 Å². The van der Waals surface area contributed by atoms with Gasteiger partial charge in [0.25, 0.3) is 0 Å². The molecule has 0 spiro atoms. The van der Waals surface area contributed by atoms with Gasteiger partial charge in [-0.2, -0.15) is 0 Å². The maximum absolute atomic E-state index is 6.86. The Hall–Kier alpha value is -7.72. The van der Waals surface area contributed by atoms with Gasteiger partial charge in [0.2, 0.25) is 0 Å². The molecule has 13 aromatic rings. The molecular formula is C58H35NOS. The lowest BCUT2D eigenvalue weighted by atomic mass is 9.91. The molecule has 0 radical (unpaired) electrons. The third kappa shape index (κ3) is 5.34. The van der Waals surface area contributed by atoms with Gasteiger partial charge in [-0.15, -0.1) is 11.3 Å². The predicted octanol–water partition coefficient (Wildman–Crippen LogP) is 17.4. The number of anilines is 3. The van der Waals surface area contributed by atoms with Crippen LogP contribution in [0.3, 0.4) is 0 Å². The largest absolute Gasteiger partial charge is 0.454 e. The number of hydrogen-bond acceptors (Lipinski definition) is 3. The van der Waals surface area contributed by atoms with E-state index in [2.05, 4.69) is 217 Å². The SMILES string of the molecule is c1cc(-c2cccc(N(c3ccc4ccccc4c3)c3cc4ccccc4c4c3oc3ccccc34)c2)cc(-c2c3ccccc3cc3sc4c5ccccc5ccc4c23)c1. The zero-order valence-corrected chi connectivity index (χ0v) is 33.8. The van der Waals surface area contributed by atoms with E-state index in [1.807, 2.05) is 11.3 Å². The van der Waals surface area contributed by atoms with Crippen molar-refractivity contribution in [2.45, 2.75) is 0 Å². The minimum absolute atomic E-state index is 0.871. The van der Waals surface area contributed by atoms with Crippen LogP contribution in [0, 0.1) is 0 Å². The number of rotatable bonds is 5. The Morgan fingerprint density at radius 3 is 1.84 bits per heavy atom. The molecule has 0 fully saturated rings. The van der Waals surface area contributed by atoms with Crippen molar-refractivity contribution in [3.05, 3.63) is 212 Å². The van der Waals surface area contributed by atoms with Crippen molar-refractivity contribution in [2.75, 3.05) is 4.90 Å². The first-order valence-corrected chi connectivity index (χ1v) is 21.6. The fourth-order valence-corrected chi connectivity index (χ4v) is 11.1. The Balaban J connectivity index is 1.03. The second-order valence-electron chi connectivity index (χ2n) is 16.0. The van der Waals surface area contributed by atoms with Gasteiger partial charge < -0.3 is 9.32 Å². The number of thiophene rings is 1. The Bertz CT molecular complexity index is 3910. The summed E-state index contributed by atoms with van der Waals surface area (Å²) >= 11 is 1.91. The van der Waals surface area contributed by atoms with Crippen LogP contribution in [0.15, 0.2) is 217 Å². The second-order valence-corrected chi connectivity index (χ2v) is 17.1. The Kier molecular flexibility index (Phi) is 7.51. The summed E-state index contributed by atoms with van der Waals surface area (Å²) in [7, 11) is 0. The third-order valence-electron chi connectivity index (χ3n) is 12.5. The topological polar surface area (TPSA) is 16.4 Å². The molecule has 0 aliphatic heterocycles. The number of hydrogen-bond donors (Lipinski definition) is 0. The molecule has 2 heterocycles. The summed E-state index contributed by atoms with van der Waals surface area (Å²) in [5.74, 6) is 0. The summed E-state index contributed by atoms with van der Waals surface area (Å²) < 4.78 is 9.51. The number of nitrogens with zero attached hydrogens (tertiary/aromatic N) is 1. The summed E-state index contributed by atoms with van der Waals surface area (Å²) in [6.45, 7) is 0. The van der Waals surface area contributed by atoms with E-state index in [1.165, 1.54) is 74.4 Å². The van der Waals surface area contributed by atoms with Crippen molar-refractivity contribution in [1.29, 1.82) is 0 Å². The second kappa shape index (κ2) is 13.4. The molecule has 2 aromatic heterocycles. The molecule has 0 aliphatic carbocycles. The van der Waals surface area contributed by atoms with Gasteiger partial charge in [-0.05, 0) is 114 Å².